The number of methoxy groups -OCH3 is 1. The first-order chi connectivity index (χ1) is 9.12. The van der Waals surface area contributed by atoms with Crippen LogP contribution in [0.3, 0.4) is 0 Å². The highest BCUT2D eigenvalue weighted by atomic mass is 16.5. The Morgan fingerprint density at radius 1 is 1.42 bits per heavy atom. The van der Waals surface area contributed by atoms with Gasteiger partial charge < -0.3 is 19.7 Å². The SMILES string of the molecule is CCNCC1(CN(CCOC)CC(C)C)CCOC1. The summed E-state index contributed by atoms with van der Waals surface area (Å²) in [4.78, 5) is 2.54. The summed E-state index contributed by atoms with van der Waals surface area (Å²) in [5.74, 6) is 0.690. The van der Waals surface area contributed by atoms with E-state index in [1.165, 1.54) is 6.42 Å². The van der Waals surface area contributed by atoms with Gasteiger partial charge in [-0.25, -0.2) is 0 Å². The fourth-order valence-electron chi connectivity index (χ4n) is 2.81. The summed E-state index contributed by atoms with van der Waals surface area (Å²) < 4.78 is 10.9. The van der Waals surface area contributed by atoms with E-state index in [0.29, 0.717) is 11.3 Å². The number of hydrogen-bond acceptors (Lipinski definition) is 4. The molecule has 1 aliphatic heterocycles. The quantitative estimate of drug-likeness (QED) is 0.655. The first-order valence-electron chi connectivity index (χ1n) is 7.61. The smallest absolute Gasteiger partial charge is 0.0589 e. The van der Waals surface area contributed by atoms with E-state index >= 15 is 0 Å². The average Bonchev–Trinajstić information content (AvgIpc) is 2.82. The van der Waals surface area contributed by atoms with Crippen molar-refractivity contribution in [3.63, 3.8) is 0 Å². The number of nitrogens with one attached hydrogen (secondary N) is 1. The minimum Gasteiger partial charge on any atom is -0.383 e. The van der Waals surface area contributed by atoms with Gasteiger partial charge in [-0.2, -0.15) is 0 Å². The molecule has 114 valence electrons. The monoisotopic (exact) mass is 272 g/mol. The second-order valence-electron chi connectivity index (χ2n) is 6.20. The topological polar surface area (TPSA) is 33.7 Å². The molecule has 0 spiro atoms. The maximum atomic E-state index is 5.67. The van der Waals surface area contributed by atoms with Crippen LogP contribution in [0.15, 0.2) is 0 Å². The van der Waals surface area contributed by atoms with Crippen molar-refractivity contribution in [1.82, 2.24) is 10.2 Å². The average molecular weight is 272 g/mol. The highest BCUT2D eigenvalue weighted by Gasteiger charge is 2.36. The van der Waals surface area contributed by atoms with E-state index in [1.807, 2.05) is 0 Å². The molecule has 0 radical (unpaired) electrons. The lowest BCUT2D eigenvalue weighted by molar-refractivity contribution is 0.0810. The van der Waals surface area contributed by atoms with Crippen LogP contribution in [0.4, 0.5) is 0 Å². The van der Waals surface area contributed by atoms with Crippen molar-refractivity contribution < 1.29 is 9.47 Å². The molecule has 19 heavy (non-hydrogen) atoms. The van der Waals surface area contributed by atoms with Crippen LogP contribution in [0.5, 0.6) is 0 Å². The molecule has 1 aliphatic rings. The second-order valence-corrected chi connectivity index (χ2v) is 6.20. The molecule has 1 rings (SSSR count). The summed E-state index contributed by atoms with van der Waals surface area (Å²) in [7, 11) is 1.78. The van der Waals surface area contributed by atoms with Crippen molar-refractivity contribution in [2.75, 3.05) is 59.7 Å². The van der Waals surface area contributed by atoms with Crippen molar-refractivity contribution in [1.29, 1.82) is 0 Å². The summed E-state index contributed by atoms with van der Waals surface area (Å²) in [6, 6.07) is 0. The molecule has 0 aromatic rings. The normalized spacial score (nSPS) is 23.7. The molecule has 4 heteroatoms. The van der Waals surface area contributed by atoms with Gasteiger partial charge in [-0.15, -0.1) is 0 Å². The zero-order valence-corrected chi connectivity index (χ0v) is 13.2. The van der Waals surface area contributed by atoms with Crippen LogP contribution in [0, 0.1) is 11.3 Å². The van der Waals surface area contributed by atoms with E-state index in [4.69, 9.17) is 9.47 Å². The standard InChI is InChI=1S/C15H32N2O2/c1-5-16-11-15(6-8-19-13-15)12-17(7-9-18-4)10-14(2)3/h14,16H,5-13H2,1-4H3. The van der Waals surface area contributed by atoms with Crippen molar-refractivity contribution >= 4 is 0 Å². The van der Waals surface area contributed by atoms with Gasteiger partial charge in [0.2, 0.25) is 0 Å². The van der Waals surface area contributed by atoms with Gasteiger partial charge in [-0.05, 0) is 18.9 Å². The van der Waals surface area contributed by atoms with Crippen LogP contribution in [0.1, 0.15) is 27.2 Å². The lowest BCUT2D eigenvalue weighted by atomic mass is 9.86. The van der Waals surface area contributed by atoms with E-state index in [0.717, 1.165) is 52.5 Å². The Morgan fingerprint density at radius 3 is 2.74 bits per heavy atom. The van der Waals surface area contributed by atoms with Crippen LogP contribution >= 0.6 is 0 Å². The van der Waals surface area contributed by atoms with Gasteiger partial charge in [0, 0.05) is 45.3 Å². The van der Waals surface area contributed by atoms with Gasteiger partial charge in [0.25, 0.3) is 0 Å². The molecule has 0 aromatic carbocycles. The summed E-state index contributed by atoms with van der Waals surface area (Å²) >= 11 is 0. The fourth-order valence-corrected chi connectivity index (χ4v) is 2.81. The van der Waals surface area contributed by atoms with Gasteiger partial charge in [-0.3, -0.25) is 0 Å². The van der Waals surface area contributed by atoms with Gasteiger partial charge in [0.15, 0.2) is 0 Å². The molecule has 0 saturated carbocycles. The van der Waals surface area contributed by atoms with Gasteiger partial charge >= 0.3 is 0 Å². The summed E-state index contributed by atoms with van der Waals surface area (Å²) in [6.45, 7) is 14.7. The molecule has 0 aromatic heterocycles. The molecule has 0 amide bonds. The van der Waals surface area contributed by atoms with Gasteiger partial charge in [-0.1, -0.05) is 20.8 Å². The van der Waals surface area contributed by atoms with E-state index < -0.39 is 0 Å². The van der Waals surface area contributed by atoms with Gasteiger partial charge in [0.1, 0.15) is 0 Å². The molecular formula is C15H32N2O2. The molecule has 1 saturated heterocycles. The lowest BCUT2D eigenvalue weighted by Gasteiger charge is -2.35. The van der Waals surface area contributed by atoms with Crippen molar-refractivity contribution in [2.45, 2.75) is 27.2 Å². The molecule has 4 nitrogen and oxygen atoms in total. The van der Waals surface area contributed by atoms with Crippen LogP contribution < -0.4 is 5.32 Å². The predicted molar refractivity (Wildman–Crippen MR) is 79.6 cm³/mol. The zero-order valence-electron chi connectivity index (χ0n) is 13.2. The van der Waals surface area contributed by atoms with Crippen LogP contribution in [0.25, 0.3) is 0 Å². The maximum absolute atomic E-state index is 5.67. The highest BCUT2D eigenvalue weighted by molar-refractivity contribution is 4.88. The third-order valence-electron chi connectivity index (χ3n) is 3.73. The van der Waals surface area contributed by atoms with E-state index in [-0.39, 0.29) is 0 Å². The summed E-state index contributed by atoms with van der Waals surface area (Å²) in [5.41, 5.74) is 0.290. The van der Waals surface area contributed by atoms with Crippen LogP contribution in [-0.4, -0.2) is 64.6 Å². The molecule has 1 unspecified atom stereocenters. The number of rotatable bonds is 10. The van der Waals surface area contributed by atoms with E-state index in [9.17, 15) is 0 Å². The van der Waals surface area contributed by atoms with Crippen LogP contribution in [-0.2, 0) is 9.47 Å². The van der Waals surface area contributed by atoms with E-state index in [1.54, 1.807) is 7.11 Å². The van der Waals surface area contributed by atoms with Gasteiger partial charge in [0.05, 0.1) is 13.2 Å². The molecular weight excluding hydrogens is 240 g/mol. The maximum Gasteiger partial charge on any atom is 0.0589 e. The molecule has 1 N–H and O–H groups in total. The second kappa shape index (κ2) is 8.90. The number of nitrogens with zero attached hydrogens (tertiary/aromatic N) is 1. The lowest BCUT2D eigenvalue weighted by Crippen LogP contribution is -2.46. The number of ether oxygens (including phenoxy) is 2. The molecule has 1 fully saturated rings. The Hall–Kier alpha value is -0.160. The first-order valence-corrected chi connectivity index (χ1v) is 7.61. The van der Waals surface area contributed by atoms with Crippen molar-refractivity contribution in [2.24, 2.45) is 11.3 Å². The minimum absolute atomic E-state index is 0.290. The minimum atomic E-state index is 0.290. The Kier molecular flexibility index (Phi) is 7.91. The summed E-state index contributed by atoms with van der Waals surface area (Å²) in [6.07, 6.45) is 1.17. The molecule has 1 atom stereocenters. The third kappa shape index (κ3) is 6.21. The summed E-state index contributed by atoms with van der Waals surface area (Å²) in [5, 5.41) is 3.51. The highest BCUT2D eigenvalue weighted by Crippen LogP contribution is 2.29. The zero-order chi connectivity index (χ0) is 14.1. The Balaban J connectivity index is 2.55. The van der Waals surface area contributed by atoms with Crippen molar-refractivity contribution in [3.8, 4) is 0 Å². The Morgan fingerprint density at radius 2 is 2.21 bits per heavy atom. The molecule has 1 heterocycles. The largest absolute Gasteiger partial charge is 0.383 e. The molecule has 0 bridgehead atoms. The Labute approximate surface area is 118 Å². The predicted octanol–water partition coefficient (Wildman–Crippen LogP) is 1.61. The number of hydrogen-bond donors (Lipinski definition) is 1. The third-order valence-corrected chi connectivity index (χ3v) is 3.73. The van der Waals surface area contributed by atoms with Crippen LogP contribution in [0.2, 0.25) is 0 Å². The molecule has 0 aliphatic carbocycles. The first kappa shape index (κ1) is 16.9. The van der Waals surface area contributed by atoms with Crippen molar-refractivity contribution in [3.05, 3.63) is 0 Å². The Bertz CT molecular complexity index is 228. The fraction of sp³-hybridized carbons (Fsp3) is 1.00. The van der Waals surface area contributed by atoms with E-state index in [2.05, 4.69) is 31.0 Å².